The van der Waals surface area contributed by atoms with Gasteiger partial charge in [0.1, 0.15) is 0 Å². The van der Waals surface area contributed by atoms with Gasteiger partial charge in [0.2, 0.25) is 0 Å². The monoisotopic (exact) mass is 147 g/mol. The molecule has 1 fully saturated rings. The first-order valence-corrected chi connectivity index (χ1v) is 4.46. The lowest BCUT2D eigenvalue weighted by Gasteiger charge is -2.22. The highest BCUT2D eigenvalue weighted by molar-refractivity contribution is 5.04. The summed E-state index contributed by atoms with van der Waals surface area (Å²) in [7, 11) is 0. The lowest BCUT2D eigenvalue weighted by molar-refractivity contribution is 0.344. The maximum Gasteiger partial charge on any atom is 0.0658 e. The van der Waals surface area contributed by atoms with Crippen LogP contribution in [0.2, 0.25) is 0 Å². The second-order valence-corrected chi connectivity index (χ2v) is 3.68. The number of fused-ring (bicyclic) bond motifs is 1. The van der Waals surface area contributed by atoms with Crippen molar-refractivity contribution in [1.29, 1.82) is 5.26 Å². The van der Waals surface area contributed by atoms with Crippen LogP contribution in [0.25, 0.3) is 0 Å². The predicted molar refractivity (Wildman–Crippen MR) is 43.7 cm³/mol. The quantitative estimate of drug-likeness (QED) is 0.483. The molecular formula is C10H13N. The van der Waals surface area contributed by atoms with Crippen molar-refractivity contribution in [2.24, 2.45) is 17.8 Å². The van der Waals surface area contributed by atoms with Crippen LogP contribution in [0.5, 0.6) is 0 Å². The number of hydrogen-bond donors (Lipinski definition) is 0. The molecule has 0 bridgehead atoms. The minimum Gasteiger partial charge on any atom is -0.198 e. The molecule has 3 unspecified atom stereocenters. The molecule has 0 N–H and O–H groups in total. The van der Waals surface area contributed by atoms with Crippen LogP contribution in [0.4, 0.5) is 0 Å². The minimum atomic E-state index is 0.366. The van der Waals surface area contributed by atoms with E-state index in [1.807, 2.05) is 0 Å². The molecule has 0 amide bonds. The van der Waals surface area contributed by atoms with Crippen molar-refractivity contribution >= 4 is 0 Å². The van der Waals surface area contributed by atoms with E-state index in [0.717, 1.165) is 18.8 Å². The average Bonchev–Trinajstić information content (AvgIpc) is 2.47. The number of rotatable bonds is 0. The number of hydrogen-bond acceptors (Lipinski definition) is 1. The largest absolute Gasteiger partial charge is 0.198 e. The Labute approximate surface area is 67.7 Å². The molecule has 1 saturated carbocycles. The fourth-order valence-electron chi connectivity index (χ4n) is 2.48. The van der Waals surface area contributed by atoms with Crippen molar-refractivity contribution < 1.29 is 0 Å². The molecule has 1 nitrogen and oxygen atoms in total. The van der Waals surface area contributed by atoms with E-state index in [4.69, 9.17) is 5.26 Å². The van der Waals surface area contributed by atoms with Gasteiger partial charge in [0.25, 0.3) is 0 Å². The molecule has 2 rings (SSSR count). The SMILES string of the molecule is N#CC1CCC2CC=CCC12. The second kappa shape index (κ2) is 2.70. The van der Waals surface area contributed by atoms with Gasteiger partial charge in [-0.15, -0.1) is 0 Å². The Hall–Kier alpha value is -0.770. The maximum absolute atomic E-state index is 8.83. The van der Waals surface area contributed by atoms with Crippen molar-refractivity contribution in [2.75, 3.05) is 0 Å². The van der Waals surface area contributed by atoms with Crippen LogP contribution >= 0.6 is 0 Å². The van der Waals surface area contributed by atoms with Gasteiger partial charge in [-0.1, -0.05) is 12.2 Å². The smallest absolute Gasteiger partial charge is 0.0658 e. The van der Waals surface area contributed by atoms with E-state index in [-0.39, 0.29) is 0 Å². The van der Waals surface area contributed by atoms with Crippen molar-refractivity contribution in [3.8, 4) is 6.07 Å². The third-order valence-electron chi connectivity index (χ3n) is 3.15. The standard InChI is InChI=1S/C10H13N/c11-7-9-6-5-8-3-1-2-4-10(8)9/h1-2,8-10H,3-6H2. The fourth-order valence-corrected chi connectivity index (χ4v) is 2.48. The first-order valence-electron chi connectivity index (χ1n) is 4.46. The van der Waals surface area contributed by atoms with Crippen LogP contribution in [0.1, 0.15) is 25.7 Å². The molecule has 0 aromatic heterocycles. The lowest BCUT2D eigenvalue weighted by atomic mass is 9.82. The van der Waals surface area contributed by atoms with Gasteiger partial charge in [0, 0.05) is 5.92 Å². The molecule has 0 aliphatic heterocycles. The van der Waals surface area contributed by atoms with E-state index in [2.05, 4.69) is 18.2 Å². The Morgan fingerprint density at radius 3 is 2.82 bits per heavy atom. The van der Waals surface area contributed by atoms with Gasteiger partial charge in [-0.05, 0) is 37.5 Å². The second-order valence-electron chi connectivity index (χ2n) is 3.68. The summed E-state index contributed by atoms with van der Waals surface area (Å²) in [5.74, 6) is 1.90. The summed E-state index contributed by atoms with van der Waals surface area (Å²) in [5.41, 5.74) is 0. The molecule has 2 aliphatic carbocycles. The van der Waals surface area contributed by atoms with E-state index in [1.54, 1.807) is 0 Å². The van der Waals surface area contributed by atoms with Crippen LogP contribution in [-0.4, -0.2) is 0 Å². The van der Waals surface area contributed by atoms with Gasteiger partial charge >= 0.3 is 0 Å². The number of nitriles is 1. The Morgan fingerprint density at radius 1 is 1.18 bits per heavy atom. The molecule has 1 heteroatoms. The molecule has 0 saturated heterocycles. The van der Waals surface area contributed by atoms with Gasteiger partial charge in [0.15, 0.2) is 0 Å². The van der Waals surface area contributed by atoms with Crippen molar-refractivity contribution in [1.82, 2.24) is 0 Å². The average molecular weight is 147 g/mol. The van der Waals surface area contributed by atoms with Crippen molar-refractivity contribution in [2.45, 2.75) is 25.7 Å². The normalized spacial score (nSPS) is 41.5. The summed E-state index contributed by atoms with van der Waals surface area (Å²) in [6, 6.07) is 2.43. The topological polar surface area (TPSA) is 23.8 Å². The summed E-state index contributed by atoms with van der Waals surface area (Å²) >= 11 is 0. The molecule has 11 heavy (non-hydrogen) atoms. The summed E-state index contributed by atoms with van der Waals surface area (Å²) in [4.78, 5) is 0. The highest BCUT2D eigenvalue weighted by atomic mass is 14.4. The molecule has 0 aromatic carbocycles. The Bertz CT molecular complexity index is 211. The zero-order valence-corrected chi connectivity index (χ0v) is 6.66. The Morgan fingerprint density at radius 2 is 2.00 bits per heavy atom. The van der Waals surface area contributed by atoms with E-state index < -0.39 is 0 Å². The number of nitrogens with zero attached hydrogens (tertiary/aromatic N) is 1. The molecule has 0 radical (unpaired) electrons. The summed E-state index contributed by atoms with van der Waals surface area (Å²) in [6.07, 6.45) is 9.34. The van der Waals surface area contributed by atoms with E-state index in [1.165, 1.54) is 12.8 Å². The molecular weight excluding hydrogens is 134 g/mol. The van der Waals surface area contributed by atoms with Crippen LogP contribution < -0.4 is 0 Å². The van der Waals surface area contributed by atoms with Gasteiger partial charge < -0.3 is 0 Å². The Balaban J connectivity index is 2.12. The van der Waals surface area contributed by atoms with Crippen molar-refractivity contribution in [3.05, 3.63) is 12.2 Å². The summed E-state index contributed by atoms with van der Waals surface area (Å²) in [6.45, 7) is 0. The maximum atomic E-state index is 8.83. The van der Waals surface area contributed by atoms with Gasteiger partial charge in [-0.3, -0.25) is 0 Å². The van der Waals surface area contributed by atoms with E-state index >= 15 is 0 Å². The molecule has 0 heterocycles. The molecule has 0 spiro atoms. The zero-order valence-electron chi connectivity index (χ0n) is 6.66. The lowest BCUT2D eigenvalue weighted by Crippen LogP contribution is -2.15. The first-order chi connectivity index (χ1) is 5.42. The zero-order chi connectivity index (χ0) is 7.68. The van der Waals surface area contributed by atoms with Crippen LogP contribution in [-0.2, 0) is 0 Å². The van der Waals surface area contributed by atoms with Crippen LogP contribution in [0.15, 0.2) is 12.2 Å². The third kappa shape index (κ3) is 1.07. The Kier molecular flexibility index (Phi) is 1.69. The van der Waals surface area contributed by atoms with Crippen molar-refractivity contribution in [3.63, 3.8) is 0 Å². The van der Waals surface area contributed by atoms with E-state index in [9.17, 15) is 0 Å². The van der Waals surface area contributed by atoms with Crippen LogP contribution in [0.3, 0.4) is 0 Å². The van der Waals surface area contributed by atoms with Gasteiger partial charge in [-0.25, -0.2) is 0 Å². The number of allylic oxidation sites excluding steroid dienone is 2. The summed E-state index contributed by atoms with van der Waals surface area (Å²) in [5, 5.41) is 8.83. The first kappa shape index (κ1) is 6.91. The molecule has 3 atom stereocenters. The fraction of sp³-hybridized carbons (Fsp3) is 0.700. The highest BCUT2D eigenvalue weighted by Gasteiger charge is 2.35. The van der Waals surface area contributed by atoms with Gasteiger partial charge in [-0.2, -0.15) is 5.26 Å². The van der Waals surface area contributed by atoms with Crippen LogP contribution in [0, 0.1) is 29.1 Å². The highest BCUT2D eigenvalue weighted by Crippen LogP contribution is 2.43. The predicted octanol–water partition coefficient (Wildman–Crippen LogP) is 2.50. The third-order valence-corrected chi connectivity index (χ3v) is 3.15. The summed E-state index contributed by atoms with van der Waals surface area (Å²) < 4.78 is 0. The molecule has 2 aliphatic rings. The van der Waals surface area contributed by atoms with Gasteiger partial charge in [0.05, 0.1) is 6.07 Å². The minimum absolute atomic E-state index is 0.366. The van der Waals surface area contributed by atoms with E-state index in [0.29, 0.717) is 11.8 Å². The molecule has 58 valence electrons. The molecule has 0 aromatic rings.